The molecular weight excluding hydrogens is 302 g/mol. The van der Waals surface area contributed by atoms with E-state index >= 15 is 0 Å². The molecule has 1 atom stereocenters. The van der Waals surface area contributed by atoms with E-state index in [1.54, 1.807) is 6.07 Å². The van der Waals surface area contributed by atoms with Gasteiger partial charge >= 0.3 is 0 Å². The molecule has 2 aliphatic rings. The highest BCUT2D eigenvalue weighted by molar-refractivity contribution is 8.01. The van der Waals surface area contributed by atoms with Crippen molar-refractivity contribution in [2.24, 2.45) is 4.99 Å². The van der Waals surface area contributed by atoms with Crippen molar-refractivity contribution in [3.05, 3.63) is 24.3 Å². The molecule has 0 N–H and O–H groups in total. The molecule has 1 fully saturated rings. The number of nitrogens with zero attached hydrogens (tertiary/aromatic N) is 3. The van der Waals surface area contributed by atoms with Crippen molar-refractivity contribution in [3.63, 3.8) is 0 Å². The minimum Gasteiger partial charge on any atom is -0.379 e. The molecule has 0 aliphatic carbocycles. The number of hydrogen-bond acceptors (Lipinski definition) is 5. The van der Waals surface area contributed by atoms with Crippen LogP contribution >= 0.6 is 0 Å². The maximum absolute atomic E-state index is 12.6. The number of carbonyl (C=O) groups excluding carboxylic acids is 1. The van der Waals surface area contributed by atoms with E-state index in [1.807, 2.05) is 25.1 Å². The molecule has 1 aromatic rings. The second kappa shape index (κ2) is 6.68. The van der Waals surface area contributed by atoms with Crippen LogP contribution in [0.1, 0.15) is 6.92 Å². The summed E-state index contributed by atoms with van der Waals surface area (Å²) >= 11 is 0. The standard InChI is InChI=1S/C15H19N3O3S/c1-2-18(14(19)11-17-7-9-21-10-8-17)15-16-12-5-3-4-6-13(12)22(15)20/h3-6H,2,7-11H2,1H3. The zero-order valence-corrected chi connectivity index (χ0v) is 13.3. The van der Waals surface area contributed by atoms with Gasteiger partial charge in [-0.05, 0) is 19.1 Å². The Morgan fingerprint density at radius 2 is 2.09 bits per heavy atom. The molecule has 2 aliphatic heterocycles. The van der Waals surface area contributed by atoms with Gasteiger partial charge in [0.2, 0.25) is 11.1 Å². The average molecular weight is 321 g/mol. The van der Waals surface area contributed by atoms with Gasteiger partial charge < -0.3 is 4.74 Å². The number of carbonyl (C=O) groups is 1. The van der Waals surface area contributed by atoms with Gasteiger partial charge in [-0.25, -0.2) is 9.20 Å². The SMILES string of the molecule is CCN(C(=O)CN1CCOCC1)C1=Nc2ccccc2S1=O. The summed E-state index contributed by atoms with van der Waals surface area (Å²) in [5, 5.41) is 0.349. The molecule has 0 spiro atoms. The summed E-state index contributed by atoms with van der Waals surface area (Å²) in [6.45, 7) is 5.44. The Morgan fingerprint density at radius 1 is 1.36 bits per heavy atom. The van der Waals surface area contributed by atoms with Crippen LogP contribution in [0.5, 0.6) is 0 Å². The third-order valence-electron chi connectivity index (χ3n) is 3.76. The molecule has 2 heterocycles. The third kappa shape index (κ3) is 2.97. The first-order valence-corrected chi connectivity index (χ1v) is 8.55. The zero-order valence-electron chi connectivity index (χ0n) is 12.5. The van der Waals surface area contributed by atoms with E-state index in [2.05, 4.69) is 9.89 Å². The van der Waals surface area contributed by atoms with Crippen LogP contribution < -0.4 is 0 Å². The fourth-order valence-electron chi connectivity index (χ4n) is 2.56. The van der Waals surface area contributed by atoms with Gasteiger partial charge in [0.15, 0.2) is 0 Å². The van der Waals surface area contributed by atoms with Gasteiger partial charge in [-0.3, -0.25) is 14.6 Å². The number of likely N-dealkylation sites (N-methyl/N-ethyl adjacent to an activating group) is 1. The van der Waals surface area contributed by atoms with E-state index in [-0.39, 0.29) is 5.91 Å². The first-order valence-electron chi connectivity index (χ1n) is 7.40. The molecule has 7 heteroatoms. The summed E-state index contributed by atoms with van der Waals surface area (Å²) in [4.78, 5) is 21.2. The van der Waals surface area contributed by atoms with Crippen molar-refractivity contribution in [3.8, 4) is 0 Å². The fraction of sp³-hybridized carbons (Fsp3) is 0.467. The molecule has 1 unspecified atom stereocenters. The van der Waals surface area contributed by atoms with Gasteiger partial charge in [-0.2, -0.15) is 0 Å². The van der Waals surface area contributed by atoms with Crippen molar-refractivity contribution >= 4 is 27.6 Å². The first-order chi connectivity index (χ1) is 10.7. The van der Waals surface area contributed by atoms with E-state index in [9.17, 15) is 9.00 Å². The van der Waals surface area contributed by atoms with Gasteiger partial charge in [-0.1, -0.05) is 12.1 Å². The summed E-state index contributed by atoms with van der Waals surface area (Å²) in [6.07, 6.45) is 0. The Bertz CT molecular complexity index is 626. The van der Waals surface area contributed by atoms with E-state index in [4.69, 9.17) is 4.74 Å². The van der Waals surface area contributed by atoms with Crippen molar-refractivity contribution < 1.29 is 13.7 Å². The number of amides is 1. The average Bonchev–Trinajstić information content (AvgIpc) is 2.87. The van der Waals surface area contributed by atoms with E-state index in [0.717, 1.165) is 13.1 Å². The van der Waals surface area contributed by atoms with Crippen molar-refractivity contribution in [1.29, 1.82) is 0 Å². The zero-order chi connectivity index (χ0) is 15.5. The van der Waals surface area contributed by atoms with Crippen LogP contribution in [0.25, 0.3) is 0 Å². The van der Waals surface area contributed by atoms with Crippen LogP contribution in [-0.4, -0.2) is 64.5 Å². The summed E-state index contributed by atoms with van der Waals surface area (Å²) in [5.74, 6) is -0.0655. The first kappa shape index (κ1) is 15.3. The monoisotopic (exact) mass is 321 g/mol. The maximum atomic E-state index is 12.6. The van der Waals surface area contributed by atoms with Crippen LogP contribution in [0.3, 0.4) is 0 Å². The molecule has 0 saturated carbocycles. The second-order valence-electron chi connectivity index (χ2n) is 5.16. The van der Waals surface area contributed by atoms with Crippen LogP contribution in [-0.2, 0) is 20.3 Å². The number of hydrogen-bond donors (Lipinski definition) is 0. The highest BCUT2D eigenvalue weighted by atomic mass is 32.2. The van der Waals surface area contributed by atoms with Gasteiger partial charge in [0.1, 0.15) is 10.8 Å². The Balaban J connectivity index is 1.74. The molecule has 0 aromatic heterocycles. The number of para-hydroxylation sites is 1. The maximum Gasteiger partial charge on any atom is 0.242 e. The minimum atomic E-state index is -1.38. The number of rotatable bonds is 3. The minimum absolute atomic E-state index is 0.0655. The summed E-state index contributed by atoms with van der Waals surface area (Å²) in [5.41, 5.74) is 0.688. The van der Waals surface area contributed by atoms with Crippen LogP contribution in [0.4, 0.5) is 5.69 Å². The highest BCUT2D eigenvalue weighted by Crippen LogP contribution is 2.30. The predicted molar refractivity (Wildman–Crippen MR) is 84.6 cm³/mol. The van der Waals surface area contributed by atoms with Crippen LogP contribution in [0.2, 0.25) is 0 Å². The van der Waals surface area contributed by atoms with Crippen LogP contribution in [0, 0.1) is 0 Å². The molecule has 1 aromatic carbocycles. The van der Waals surface area contributed by atoms with Crippen molar-refractivity contribution in [2.45, 2.75) is 11.8 Å². The fourth-order valence-corrected chi connectivity index (χ4v) is 3.88. The molecule has 0 bridgehead atoms. The largest absolute Gasteiger partial charge is 0.379 e. The molecular formula is C15H19N3O3S. The lowest BCUT2D eigenvalue weighted by Crippen LogP contribution is -2.47. The molecule has 6 nitrogen and oxygen atoms in total. The van der Waals surface area contributed by atoms with Gasteiger partial charge in [0.25, 0.3) is 0 Å². The summed E-state index contributed by atoms with van der Waals surface area (Å²) in [7, 11) is -1.38. The molecule has 3 rings (SSSR count). The number of amidine groups is 1. The second-order valence-corrected chi connectivity index (χ2v) is 6.50. The predicted octanol–water partition coefficient (Wildman–Crippen LogP) is 0.976. The lowest BCUT2D eigenvalue weighted by molar-refractivity contribution is -0.129. The number of aliphatic imine (C=N–C) groups is 1. The topological polar surface area (TPSA) is 62.2 Å². The quantitative estimate of drug-likeness (QED) is 0.832. The van der Waals surface area contributed by atoms with Gasteiger partial charge in [0, 0.05) is 19.6 Å². The smallest absolute Gasteiger partial charge is 0.242 e. The number of fused-ring (bicyclic) bond motifs is 1. The van der Waals surface area contributed by atoms with E-state index < -0.39 is 10.8 Å². The number of ether oxygens (including phenoxy) is 1. The van der Waals surface area contributed by atoms with Crippen LogP contribution in [0.15, 0.2) is 34.2 Å². The van der Waals surface area contributed by atoms with Crippen molar-refractivity contribution in [2.75, 3.05) is 39.4 Å². The number of benzene rings is 1. The number of morpholine rings is 1. The van der Waals surface area contributed by atoms with Crippen molar-refractivity contribution in [1.82, 2.24) is 9.80 Å². The van der Waals surface area contributed by atoms with Gasteiger partial charge in [-0.15, -0.1) is 0 Å². The van der Waals surface area contributed by atoms with Gasteiger partial charge in [0.05, 0.1) is 30.3 Å². The lowest BCUT2D eigenvalue weighted by Gasteiger charge is -2.28. The normalized spacial score (nSPS) is 21.3. The summed E-state index contributed by atoms with van der Waals surface area (Å²) in [6, 6.07) is 7.30. The third-order valence-corrected chi connectivity index (χ3v) is 5.15. The molecule has 1 saturated heterocycles. The van der Waals surface area contributed by atoms with E-state index in [0.29, 0.717) is 42.1 Å². The molecule has 1 amide bonds. The highest BCUT2D eigenvalue weighted by Gasteiger charge is 2.31. The van der Waals surface area contributed by atoms with E-state index in [1.165, 1.54) is 4.90 Å². The Kier molecular flexibility index (Phi) is 4.66. The lowest BCUT2D eigenvalue weighted by atomic mass is 10.3. The Labute approximate surface area is 132 Å². The summed E-state index contributed by atoms with van der Waals surface area (Å²) < 4.78 is 17.8. The Hall–Kier alpha value is -1.57. The molecule has 118 valence electrons. The Morgan fingerprint density at radius 3 is 2.77 bits per heavy atom. The molecule has 0 radical (unpaired) electrons. The molecule has 22 heavy (non-hydrogen) atoms.